The Morgan fingerprint density at radius 3 is 2.56 bits per heavy atom. The Labute approximate surface area is 96.4 Å². The Kier molecular flexibility index (Phi) is 3.88. The van der Waals surface area contributed by atoms with E-state index < -0.39 is 20.8 Å². The number of rotatable bonds is 3. The third-order valence-electron chi connectivity index (χ3n) is 1.65. The predicted molar refractivity (Wildman–Crippen MR) is 54.9 cm³/mol. The second kappa shape index (κ2) is 4.80. The lowest BCUT2D eigenvalue weighted by Gasteiger charge is -2.04. The maximum atomic E-state index is 13.0. The summed E-state index contributed by atoms with van der Waals surface area (Å²) in [5.41, 5.74) is 0.217. The number of esters is 1. The average Bonchev–Trinajstić information content (AvgIpc) is 2.12. The lowest BCUT2D eigenvalue weighted by Crippen LogP contribution is -2.01. The van der Waals surface area contributed by atoms with Crippen LogP contribution in [0.25, 0.3) is 0 Å². The van der Waals surface area contributed by atoms with Gasteiger partial charge in [0.1, 0.15) is 12.4 Å². The molecule has 0 heterocycles. The number of benzene rings is 1. The molecule has 0 N–H and O–H groups in total. The smallest absolute Gasteiger partial charge is 0.302 e. The van der Waals surface area contributed by atoms with Crippen LogP contribution in [-0.4, -0.2) is 14.4 Å². The molecule has 88 valence electrons. The van der Waals surface area contributed by atoms with Gasteiger partial charge < -0.3 is 4.74 Å². The van der Waals surface area contributed by atoms with Crippen LogP contribution in [0.15, 0.2) is 23.1 Å². The van der Waals surface area contributed by atoms with Gasteiger partial charge in [-0.25, -0.2) is 12.8 Å². The highest BCUT2D eigenvalue weighted by Crippen LogP contribution is 2.18. The standard InChI is InChI=1S/C9H8ClFO4S/c1-6(12)15-5-7-2-8(11)4-9(3-7)16(10,13)14/h2-4H,5H2,1H3. The first-order valence-corrected chi connectivity index (χ1v) is 6.47. The van der Waals surface area contributed by atoms with Crippen molar-refractivity contribution in [1.82, 2.24) is 0 Å². The third kappa shape index (κ3) is 3.79. The number of carbonyl (C=O) groups is 1. The van der Waals surface area contributed by atoms with Gasteiger partial charge in [0.2, 0.25) is 0 Å². The molecule has 1 aromatic carbocycles. The van der Waals surface area contributed by atoms with Crippen molar-refractivity contribution in [1.29, 1.82) is 0 Å². The lowest BCUT2D eigenvalue weighted by molar-refractivity contribution is -0.142. The zero-order valence-electron chi connectivity index (χ0n) is 8.24. The Morgan fingerprint density at radius 2 is 2.06 bits per heavy atom. The van der Waals surface area contributed by atoms with E-state index in [1.54, 1.807) is 0 Å². The van der Waals surface area contributed by atoms with Crippen LogP contribution in [0, 0.1) is 5.82 Å². The fraction of sp³-hybridized carbons (Fsp3) is 0.222. The van der Waals surface area contributed by atoms with Crippen molar-refractivity contribution in [3.8, 4) is 0 Å². The fourth-order valence-corrected chi connectivity index (χ4v) is 1.84. The highest BCUT2D eigenvalue weighted by molar-refractivity contribution is 8.13. The Balaban J connectivity index is 3.04. The van der Waals surface area contributed by atoms with Gasteiger partial charge in [0.25, 0.3) is 9.05 Å². The van der Waals surface area contributed by atoms with Gasteiger partial charge in [0.15, 0.2) is 0 Å². The van der Waals surface area contributed by atoms with Crippen molar-refractivity contribution in [2.75, 3.05) is 0 Å². The van der Waals surface area contributed by atoms with Crippen molar-refractivity contribution in [3.05, 3.63) is 29.6 Å². The third-order valence-corrected chi connectivity index (χ3v) is 2.99. The minimum atomic E-state index is -3.99. The Morgan fingerprint density at radius 1 is 1.44 bits per heavy atom. The average molecular weight is 267 g/mol. The molecule has 4 nitrogen and oxygen atoms in total. The number of hydrogen-bond donors (Lipinski definition) is 0. The summed E-state index contributed by atoms with van der Waals surface area (Å²) in [5, 5.41) is 0. The van der Waals surface area contributed by atoms with E-state index in [0.717, 1.165) is 18.2 Å². The molecule has 0 saturated carbocycles. The monoisotopic (exact) mass is 266 g/mol. The predicted octanol–water partition coefficient (Wildman–Crippen LogP) is 1.82. The highest BCUT2D eigenvalue weighted by Gasteiger charge is 2.13. The molecule has 16 heavy (non-hydrogen) atoms. The molecule has 0 unspecified atom stereocenters. The van der Waals surface area contributed by atoms with E-state index in [-0.39, 0.29) is 17.1 Å². The van der Waals surface area contributed by atoms with Gasteiger partial charge in [-0.05, 0) is 23.8 Å². The van der Waals surface area contributed by atoms with Crippen LogP contribution in [-0.2, 0) is 25.2 Å². The largest absolute Gasteiger partial charge is 0.461 e. The molecule has 0 aliphatic rings. The van der Waals surface area contributed by atoms with Gasteiger partial charge in [-0.1, -0.05) is 0 Å². The molecule has 0 aromatic heterocycles. The number of ether oxygens (including phenoxy) is 1. The van der Waals surface area contributed by atoms with Gasteiger partial charge >= 0.3 is 5.97 Å². The molecule has 0 saturated heterocycles. The van der Waals surface area contributed by atoms with Crippen molar-refractivity contribution in [2.45, 2.75) is 18.4 Å². The summed E-state index contributed by atoms with van der Waals surface area (Å²) in [6.45, 7) is 0.991. The van der Waals surface area contributed by atoms with E-state index in [1.807, 2.05) is 0 Å². The normalized spacial score (nSPS) is 11.2. The first kappa shape index (κ1) is 12.9. The van der Waals surface area contributed by atoms with Crippen molar-refractivity contribution in [3.63, 3.8) is 0 Å². The SMILES string of the molecule is CC(=O)OCc1cc(F)cc(S(=O)(=O)Cl)c1. The van der Waals surface area contributed by atoms with E-state index in [4.69, 9.17) is 10.7 Å². The van der Waals surface area contributed by atoms with Crippen molar-refractivity contribution < 1.29 is 22.3 Å². The first-order valence-electron chi connectivity index (χ1n) is 4.16. The van der Waals surface area contributed by atoms with Gasteiger partial charge in [-0.15, -0.1) is 0 Å². The summed E-state index contributed by atoms with van der Waals surface area (Å²) in [6.07, 6.45) is 0. The van der Waals surface area contributed by atoms with Crippen LogP contribution in [0.1, 0.15) is 12.5 Å². The number of halogens is 2. The van der Waals surface area contributed by atoms with Crippen molar-refractivity contribution >= 4 is 25.7 Å². The van der Waals surface area contributed by atoms with E-state index in [1.165, 1.54) is 6.92 Å². The molecule has 0 fully saturated rings. The fourth-order valence-electron chi connectivity index (χ4n) is 1.03. The molecule has 0 atom stereocenters. The Hall–Kier alpha value is -1.14. The van der Waals surface area contributed by atoms with Gasteiger partial charge in [-0.3, -0.25) is 4.79 Å². The highest BCUT2D eigenvalue weighted by atomic mass is 35.7. The van der Waals surface area contributed by atoms with E-state index >= 15 is 0 Å². The first-order chi connectivity index (χ1) is 7.29. The van der Waals surface area contributed by atoms with Crippen LogP contribution in [0.2, 0.25) is 0 Å². The summed E-state index contributed by atoms with van der Waals surface area (Å²) in [6, 6.07) is 3.00. The molecular weight excluding hydrogens is 259 g/mol. The maximum absolute atomic E-state index is 13.0. The second-order valence-electron chi connectivity index (χ2n) is 3.01. The molecule has 1 rings (SSSR count). The number of hydrogen-bond acceptors (Lipinski definition) is 4. The van der Waals surface area contributed by atoms with Crippen LogP contribution in [0.3, 0.4) is 0 Å². The molecule has 0 amide bonds. The quantitative estimate of drug-likeness (QED) is 0.618. The molecule has 0 radical (unpaired) electrons. The molecule has 0 aliphatic carbocycles. The number of carbonyl (C=O) groups excluding carboxylic acids is 1. The molecule has 0 bridgehead atoms. The topological polar surface area (TPSA) is 60.4 Å². The minimum Gasteiger partial charge on any atom is -0.461 e. The summed E-state index contributed by atoms with van der Waals surface area (Å²) in [7, 11) is 1.07. The van der Waals surface area contributed by atoms with Gasteiger partial charge in [0.05, 0.1) is 4.90 Å². The molecule has 7 heteroatoms. The summed E-state index contributed by atoms with van der Waals surface area (Å²) in [4.78, 5) is 10.2. The summed E-state index contributed by atoms with van der Waals surface area (Å²) in [5.74, 6) is -1.30. The maximum Gasteiger partial charge on any atom is 0.302 e. The zero-order chi connectivity index (χ0) is 12.3. The zero-order valence-corrected chi connectivity index (χ0v) is 9.81. The second-order valence-corrected chi connectivity index (χ2v) is 5.58. The van der Waals surface area contributed by atoms with Crippen LogP contribution >= 0.6 is 10.7 Å². The minimum absolute atomic E-state index is 0.202. The van der Waals surface area contributed by atoms with Gasteiger partial charge in [-0.2, -0.15) is 0 Å². The van der Waals surface area contributed by atoms with E-state index in [9.17, 15) is 17.6 Å². The van der Waals surface area contributed by atoms with Gasteiger partial charge in [0, 0.05) is 17.6 Å². The summed E-state index contributed by atoms with van der Waals surface area (Å²) >= 11 is 0. The van der Waals surface area contributed by atoms with E-state index in [2.05, 4.69) is 4.74 Å². The lowest BCUT2D eigenvalue weighted by atomic mass is 10.2. The van der Waals surface area contributed by atoms with Crippen LogP contribution in [0.5, 0.6) is 0 Å². The van der Waals surface area contributed by atoms with Crippen LogP contribution < -0.4 is 0 Å². The molecular formula is C9H8ClFO4S. The van der Waals surface area contributed by atoms with Crippen LogP contribution in [0.4, 0.5) is 4.39 Å². The van der Waals surface area contributed by atoms with E-state index in [0.29, 0.717) is 0 Å². The molecule has 0 spiro atoms. The molecule has 1 aromatic rings. The summed E-state index contributed by atoms with van der Waals surface area (Å²) < 4.78 is 39.6. The van der Waals surface area contributed by atoms with Crippen molar-refractivity contribution in [2.24, 2.45) is 0 Å². The molecule has 0 aliphatic heterocycles. The Bertz CT molecular complexity index is 512.